The SMILES string of the molecule is N#Cc1ccccc1Nc1cccc(C(=O)O)c1. The van der Waals surface area contributed by atoms with Gasteiger partial charge in [0.1, 0.15) is 6.07 Å². The predicted octanol–water partition coefficient (Wildman–Crippen LogP) is 3.00. The van der Waals surface area contributed by atoms with Crippen molar-refractivity contribution in [3.8, 4) is 6.07 Å². The van der Waals surface area contributed by atoms with Crippen molar-refractivity contribution in [2.24, 2.45) is 0 Å². The number of aromatic carboxylic acids is 1. The number of carbonyl (C=O) groups is 1. The normalized spacial score (nSPS) is 9.50. The summed E-state index contributed by atoms with van der Waals surface area (Å²) in [6.07, 6.45) is 0. The Bertz CT molecular complexity index is 630. The number of carboxylic acid groups (broad SMARTS) is 1. The van der Waals surface area contributed by atoms with Crippen LogP contribution in [-0.2, 0) is 0 Å². The van der Waals surface area contributed by atoms with Crippen molar-refractivity contribution >= 4 is 17.3 Å². The molecular weight excluding hydrogens is 228 g/mol. The molecule has 0 unspecified atom stereocenters. The molecule has 0 saturated carbocycles. The number of para-hydroxylation sites is 1. The summed E-state index contributed by atoms with van der Waals surface area (Å²) in [6, 6.07) is 15.6. The number of nitrogens with zero attached hydrogens (tertiary/aromatic N) is 1. The fourth-order valence-electron chi connectivity index (χ4n) is 1.58. The van der Waals surface area contributed by atoms with E-state index >= 15 is 0 Å². The molecule has 4 nitrogen and oxygen atoms in total. The molecule has 4 heteroatoms. The van der Waals surface area contributed by atoms with Gasteiger partial charge in [0.25, 0.3) is 0 Å². The molecule has 0 atom stereocenters. The van der Waals surface area contributed by atoms with E-state index in [9.17, 15) is 4.79 Å². The number of nitriles is 1. The Balaban J connectivity index is 2.32. The lowest BCUT2D eigenvalue weighted by molar-refractivity contribution is 0.0697. The van der Waals surface area contributed by atoms with Crippen LogP contribution < -0.4 is 5.32 Å². The van der Waals surface area contributed by atoms with Crippen molar-refractivity contribution in [1.29, 1.82) is 5.26 Å². The molecule has 0 radical (unpaired) electrons. The monoisotopic (exact) mass is 238 g/mol. The first-order valence-corrected chi connectivity index (χ1v) is 5.30. The Kier molecular flexibility index (Phi) is 3.26. The number of nitrogens with one attached hydrogen (secondary N) is 1. The van der Waals surface area contributed by atoms with Crippen LogP contribution in [-0.4, -0.2) is 11.1 Å². The highest BCUT2D eigenvalue weighted by atomic mass is 16.4. The summed E-state index contributed by atoms with van der Waals surface area (Å²) >= 11 is 0. The third-order valence-electron chi connectivity index (χ3n) is 2.44. The average molecular weight is 238 g/mol. The lowest BCUT2D eigenvalue weighted by Gasteiger charge is -2.08. The van der Waals surface area contributed by atoms with E-state index in [4.69, 9.17) is 10.4 Å². The van der Waals surface area contributed by atoms with Crippen LogP contribution in [0, 0.1) is 11.3 Å². The molecule has 0 aromatic heterocycles. The second kappa shape index (κ2) is 5.02. The van der Waals surface area contributed by atoms with E-state index in [1.807, 2.05) is 6.07 Å². The van der Waals surface area contributed by atoms with Crippen LogP contribution in [0.15, 0.2) is 48.5 Å². The van der Waals surface area contributed by atoms with Gasteiger partial charge in [-0.3, -0.25) is 0 Å². The summed E-state index contributed by atoms with van der Waals surface area (Å²) < 4.78 is 0. The summed E-state index contributed by atoms with van der Waals surface area (Å²) in [5.74, 6) is -0.979. The Morgan fingerprint density at radius 3 is 2.67 bits per heavy atom. The lowest BCUT2D eigenvalue weighted by atomic mass is 10.1. The number of hydrogen-bond donors (Lipinski definition) is 2. The van der Waals surface area contributed by atoms with Gasteiger partial charge in [0.05, 0.1) is 16.8 Å². The third kappa shape index (κ3) is 2.47. The molecule has 0 aliphatic heterocycles. The topological polar surface area (TPSA) is 73.1 Å². The van der Waals surface area contributed by atoms with Crippen LogP contribution in [0.5, 0.6) is 0 Å². The van der Waals surface area contributed by atoms with E-state index in [1.165, 1.54) is 12.1 Å². The number of rotatable bonds is 3. The third-order valence-corrected chi connectivity index (χ3v) is 2.44. The van der Waals surface area contributed by atoms with Crippen LogP contribution in [0.3, 0.4) is 0 Å². The summed E-state index contributed by atoms with van der Waals surface area (Å²) in [6.45, 7) is 0. The molecule has 0 spiro atoms. The highest BCUT2D eigenvalue weighted by Gasteiger charge is 2.05. The van der Waals surface area contributed by atoms with E-state index < -0.39 is 5.97 Å². The van der Waals surface area contributed by atoms with E-state index in [-0.39, 0.29) is 5.56 Å². The minimum Gasteiger partial charge on any atom is -0.478 e. The van der Waals surface area contributed by atoms with Gasteiger partial charge in [-0.2, -0.15) is 5.26 Å². The first kappa shape index (κ1) is 11.7. The van der Waals surface area contributed by atoms with Gasteiger partial charge in [0.2, 0.25) is 0 Å². The average Bonchev–Trinajstić information content (AvgIpc) is 2.39. The molecule has 0 aliphatic rings. The van der Waals surface area contributed by atoms with Gasteiger partial charge >= 0.3 is 5.97 Å². The smallest absolute Gasteiger partial charge is 0.335 e. The molecule has 0 saturated heterocycles. The zero-order chi connectivity index (χ0) is 13.0. The first-order valence-electron chi connectivity index (χ1n) is 5.30. The molecule has 0 fully saturated rings. The van der Waals surface area contributed by atoms with Gasteiger partial charge in [0.15, 0.2) is 0 Å². The zero-order valence-corrected chi connectivity index (χ0v) is 9.42. The molecule has 2 N–H and O–H groups in total. The molecule has 2 rings (SSSR count). The van der Waals surface area contributed by atoms with Crippen molar-refractivity contribution in [3.05, 3.63) is 59.7 Å². The molecule has 18 heavy (non-hydrogen) atoms. The number of benzene rings is 2. The number of anilines is 2. The van der Waals surface area contributed by atoms with Gasteiger partial charge < -0.3 is 10.4 Å². The quantitative estimate of drug-likeness (QED) is 0.862. The van der Waals surface area contributed by atoms with Crippen LogP contribution in [0.4, 0.5) is 11.4 Å². The highest BCUT2D eigenvalue weighted by molar-refractivity contribution is 5.89. The van der Waals surface area contributed by atoms with E-state index in [0.29, 0.717) is 16.9 Å². The van der Waals surface area contributed by atoms with Gasteiger partial charge in [-0.1, -0.05) is 18.2 Å². The molecule has 0 aliphatic carbocycles. The van der Waals surface area contributed by atoms with Crippen LogP contribution in [0.1, 0.15) is 15.9 Å². The van der Waals surface area contributed by atoms with E-state index in [1.54, 1.807) is 30.3 Å². The Morgan fingerprint density at radius 1 is 1.17 bits per heavy atom. The summed E-state index contributed by atoms with van der Waals surface area (Å²) in [4.78, 5) is 10.8. The maximum absolute atomic E-state index is 10.8. The van der Waals surface area contributed by atoms with Crippen LogP contribution in [0.2, 0.25) is 0 Å². The summed E-state index contributed by atoms with van der Waals surface area (Å²) in [5.41, 5.74) is 2.01. The second-order valence-electron chi connectivity index (χ2n) is 3.67. The minimum absolute atomic E-state index is 0.203. The maximum Gasteiger partial charge on any atom is 0.335 e. The number of hydrogen-bond acceptors (Lipinski definition) is 3. The van der Waals surface area contributed by atoms with Crippen molar-refractivity contribution in [1.82, 2.24) is 0 Å². The van der Waals surface area contributed by atoms with Gasteiger partial charge in [-0.05, 0) is 30.3 Å². The molecular formula is C14H10N2O2. The van der Waals surface area contributed by atoms with Crippen molar-refractivity contribution in [3.63, 3.8) is 0 Å². The van der Waals surface area contributed by atoms with Crippen molar-refractivity contribution in [2.45, 2.75) is 0 Å². The first-order chi connectivity index (χ1) is 8.70. The largest absolute Gasteiger partial charge is 0.478 e. The maximum atomic E-state index is 10.8. The Morgan fingerprint density at radius 2 is 1.94 bits per heavy atom. The molecule has 88 valence electrons. The van der Waals surface area contributed by atoms with Crippen LogP contribution in [0.25, 0.3) is 0 Å². The number of carboxylic acids is 1. The van der Waals surface area contributed by atoms with Crippen molar-refractivity contribution in [2.75, 3.05) is 5.32 Å². The molecule has 0 heterocycles. The van der Waals surface area contributed by atoms with E-state index in [0.717, 1.165) is 0 Å². The molecule has 2 aromatic rings. The molecule has 2 aromatic carbocycles. The fraction of sp³-hybridized carbons (Fsp3) is 0. The molecule has 0 bridgehead atoms. The summed E-state index contributed by atoms with van der Waals surface area (Å²) in [5, 5.41) is 20.9. The lowest BCUT2D eigenvalue weighted by Crippen LogP contribution is -1.98. The highest BCUT2D eigenvalue weighted by Crippen LogP contribution is 2.20. The minimum atomic E-state index is -0.979. The van der Waals surface area contributed by atoms with E-state index in [2.05, 4.69) is 11.4 Å². The molecule has 0 amide bonds. The van der Waals surface area contributed by atoms with Gasteiger partial charge in [-0.15, -0.1) is 0 Å². The van der Waals surface area contributed by atoms with Gasteiger partial charge in [0, 0.05) is 5.69 Å². The van der Waals surface area contributed by atoms with Crippen molar-refractivity contribution < 1.29 is 9.90 Å². The zero-order valence-electron chi connectivity index (χ0n) is 9.42. The standard InChI is InChI=1S/C14H10N2O2/c15-9-11-4-1-2-7-13(11)16-12-6-3-5-10(8-12)14(17)18/h1-8,16H,(H,17,18). The fourth-order valence-corrected chi connectivity index (χ4v) is 1.58. The Hall–Kier alpha value is -2.80. The van der Waals surface area contributed by atoms with Crippen LogP contribution >= 0.6 is 0 Å². The Labute approximate surface area is 104 Å². The second-order valence-corrected chi connectivity index (χ2v) is 3.67. The van der Waals surface area contributed by atoms with Gasteiger partial charge in [-0.25, -0.2) is 4.79 Å². The predicted molar refractivity (Wildman–Crippen MR) is 67.8 cm³/mol. The summed E-state index contributed by atoms with van der Waals surface area (Å²) in [7, 11) is 0.